The van der Waals surface area contributed by atoms with Crippen LogP contribution in [-0.4, -0.2) is 66.2 Å². The van der Waals surface area contributed by atoms with Crippen molar-refractivity contribution in [1.82, 2.24) is 34.2 Å². The van der Waals surface area contributed by atoms with Crippen molar-refractivity contribution in [3.05, 3.63) is 22.2 Å². The smallest absolute Gasteiger partial charge is 0.267 e. The number of likely N-dealkylation sites (tertiary alicyclic amines) is 2. The van der Waals surface area contributed by atoms with E-state index in [-0.39, 0.29) is 11.8 Å². The number of nitrogens with zero attached hydrogens (tertiary/aromatic N) is 7. The highest BCUT2D eigenvalue weighted by molar-refractivity contribution is 7.07. The van der Waals surface area contributed by atoms with Crippen LogP contribution < -0.4 is 0 Å². The molecular formula is C18H27N7OS. The van der Waals surface area contributed by atoms with Gasteiger partial charge in [-0.1, -0.05) is 10.9 Å². The molecule has 4 heterocycles. The molecule has 0 aliphatic carbocycles. The van der Waals surface area contributed by atoms with Gasteiger partial charge in [-0.25, -0.2) is 0 Å². The maximum atomic E-state index is 12.8. The molecule has 27 heavy (non-hydrogen) atoms. The summed E-state index contributed by atoms with van der Waals surface area (Å²) in [5, 5.41) is 12.9. The third-order valence-corrected chi connectivity index (χ3v) is 6.55. The van der Waals surface area contributed by atoms with E-state index in [4.69, 9.17) is 0 Å². The molecule has 0 bridgehead atoms. The highest BCUT2D eigenvalue weighted by Crippen LogP contribution is 2.28. The molecule has 2 fully saturated rings. The second kappa shape index (κ2) is 8.02. The Balaban J connectivity index is 1.45. The van der Waals surface area contributed by atoms with E-state index in [1.807, 2.05) is 11.8 Å². The van der Waals surface area contributed by atoms with Gasteiger partial charge in [0.05, 0.1) is 12.2 Å². The number of carbonyl (C=O) groups excluding carboxylic acids is 1. The number of carbonyl (C=O) groups is 1. The zero-order valence-corrected chi connectivity index (χ0v) is 16.9. The molecule has 0 radical (unpaired) electrons. The fourth-order valence-corrected chi connectivity index (χ4v) is 4.75. The van der Waals surface area contributed by atoms with Crippen LogP contribution in [0.5, 0.6) is 0 Å². The molecule has 8 nitrogen and oxygen atoms in total. The SMILES string of the molecule is Cc1nnsc1C(=O)N1CCC[C@@H](c2nnc(CN3CCCCC3)n2C)C1. The maximum absolute atomic E-state index is 12.8. The fourth-order valence-electron chi connectivity index (χ4n) is 4.13. The van der Waals surface area contributed by atoms with Crippen LogP contribution in [0.4, 0.5) is 0 Å². The summed E-state index contributed by atoms with van der Waals surface area (Å²) in [6.45, 7) is 6.47. The highest BCUT2D eigenvalue weighted by Gasteiger charge is 2.30. The first-order valence-corrected chi connectivity index (χ1v) is 10.6. The molecule has 146 valence electrons. The molecule has 2 aromatic rings. The molecule has 0 spiro atoms. The molecule has 1 amide bonds. The van der Waals surface area contributed by atoms with Crippen molar-refractivity contribution in [1.29, 1.82) is 0 Å². The zero-order chi connectivity index (χ0) is 18.8. The summed E-state index contributed by atoms with van der Waals surface area (Å²) in [5.74, 6) is 2.30. The summed E-state index contributed by atoms with van der Waals surface area (Å²) in [6, 6.07) is 0. The summed E-state index contributed by atoms with van der Waals surface area (Å²) in [5.41, 5.74) is 0.717. The van der Waals surface area contributed by atoms with E-state index in [9.17, 15) is 4.79 Å². The number of hydrogen-bond acceptors (Lipinski definition) is 7. The minimum absolute atomic E-state index is 0.0444. The molecule has 1 atom stereocenters. The fraction of sp³-hybridized carbons (Fsp3) is 0.722. The van der Waals surface area contributed by atoms with E-state index >= 15 is 0 Å². The van der Waals surface area contributed by atoms with Gasteiger partial charge in [-0.2, -0.15) is 0 Å². The van der Waals surface area contributed by atoms with Crippen LogP contribution in [0.25, 0.3) is 0 Å². The summed E-state index contributed by atoms with van der Waals surface area (Å²) >= 11 is 1.18. The van der Waals surface area contributed by atoms with E-state index in [0.717, 1.165) is 56.4 Å². The Bertz CT molecular complexity index is 795. The first-order valence-electron chi connectivity index (χ1n) is 9.82. The largest absolute Gasteiger partial charge is 0.337 e. The van der Waals surface area contributed by atoms with Crippen molar-refractivity contribution < 1.29 is 4.79 Å². The summed E-state index contributed by atoms with van der Waals surface area (Å²) in [4.78, 5) is 17.9. The highest BCUT2D eigenvalue weighted by atomic mass is 32.1. The second-order valence-electron chi connectivity index (χ2n) is 7.65. The number of piperidine rings is 2. The first-order chi connectivity index (χ1) is 13.1. The minimum atomic E-state index is 0.0444. The third kappa shape index (κ3) is 3.89. The lowest BCUT2D eigenvalue weighted by Crippen LogP contribution is -2.39. The van der Waals surface area contributed by atoms with Gasteiger partial charge < -0.3 is 9.47 Å². The summed E-state index contributed by atoms with van der Waals surface area (Å²) in [7, 11) is 2.06. The summed E-state index contributed by atoms with van der Waals surface area (Å²) in [6.07, 6.45) is 5.91. The molecule has 2 aliphatic rings. The molecule has 4 rings (SSSR count). The van der Waals surface area contributed by atoms with Gasteiger partial charge in [-0.3, -0.25) is 9.69 Å². The predicted octanol–water partition coefficient (Wildman–Crippen LogP) is 1.98. The van der Waals surface area contributed by atoms with Gasteiger partial charge in [0, 0.05) is 26.1 Å². The number of rotatable bonds is 4. The van der Waals surface area contributed by atoms with Gasteiger partial charge in [-0.05, 0) is 57.2 Å². The topological polar surface area (TPSA) is 80.0 Å². The van der Waals surface area contributed by atoms with Crippen LogP contribution in [0.15, 0.2) is 0 Å². The van der Waals surface area contributed by atoms with Crippen molar-refractivity contribution in [3.63, 3.8) is 0 Å². The maximum Gasteiger partial charge on any atom is 0.267 e. The van der Waals surface area contributed by atoms with Crippen LogP contribution in [0, 0.1) is 6.92 Å². The van der Waals surface area contributed by atoms with Gasteiger partial charge in [0.25, 0.3) is 5.91 Å². The Labute approximate surface area is 163 Å². The molecule has 9 heteroatoms. The van der Waals surface area contributed by atoms with Gasteiger partial charge in [-0.15, -0.1) is 15.3 Å². The molecule has 0 aromatic carbocycles. The Kier molecular flexibility index (Phi) is 5.49. The second-order valence-corrected chi connectivity index (χ2v) is 8.40. The molecular weight excluding hydrogens is 362 g/mol. The van der Waals surface area contributed by atoms with E-state index in [1.165, 1.54) is 30.8 Å². The number of aryl methyl sites for hydroxylation is 1. The normalized spacial score (nSPS) is 21.6. The molecule has 2 aliphatic heterocycles. The monoisotopic (exact) mass is 389 g/mol. The minimum Gasteiger partial charge on any atom is -0.337 e. The Morgan fingerprint density at radius 1 is 1.11 bits per heavy atom. The predicted molar refractivity (Wildman–Crippen MR) is 103 cm³/mol. The Hall–Kier alpha value is -1.87. The van der Waals surface area contributed by atoms with Crippen LogP contribution in [0.1, 0.15) is 65.0 Å². The van der Waals surface area contributed by atoms with Crippen LogP contribution in [0.3, 0.4) is 0 Å². The standard InChI is InChI=1S/C18H27N7OS/c1-13-16(27-22-19-13)18(26)25-10-6-7-14(11-25)17-21-20-15(23(17)2)12-24-8-4-3-5-9-24/h14H,3-12H2,1-2H3/t14-/m1/s1. The van der Waals surface area contributed by atoms with Gasteiger partial charge in [0.15, 0.2) is 0 Å². The lowest BCUT2D eigenvalue weighted by atomic mass is 9.97. The lowest BCUT2D eigenvalue weighted by Gasteiger charge is -2.32. The number of amides is 1. The van der Waals surface area contributed by atoms with Crippen molar-refractivity contribution in [2.75, 3.05) is 26.2 Å². The molecule has 0 saturated carbocycles. The average molecular weight is 390 g/mol. The number of aromatic nitrogens is 5. The van der Waals surface area contributed by atoms with Gasteiger partial charge >= 0.3 is 0 Å². The van der Waals surface area contributed by atoms with Crippen molar-refractivity contribution in [2.24, 2.45) is 7.05 Å². The molecule has 0 N–H and O–H groups in total. The first kappa shape index (κ1) is 18.5. The quantitative estimate of drug-likeness (QED) is 0.795. The van der Waals surface area contributed by atoms with E-state index < -0.39 is 0 Å². The summed E-state index contributed by atoms with van der Waals surface area (Å²) < 4.78 is 6.05. The molecule has 2 aromatic heterocycles. The Morgan fingerprint density at radius 2 is 1.93 bits per heavy atom. The van der Waals surface area contributed by atoms with Crippen LogP contribution >= 0.6 is 11.5 Å². The van der Waals surface area contributed by atoms with Gasteiger partial charge in [0.2, 0.25) is 0 Å². The average Bonchev–Trinajstić information content (AvgIpc) is 3.28. The van der Waals surface area contributed by atoms with E-state index in [1.54, 1.807) is 0 Å². The number of hydrogen-bond donors (Lipinski definition) is 0. The zero-order valence-electron chi connectivity index (χ0n) is 16.1. The molecule has 2 saturated heterocycles. The third-order valence-electron chi connectivity index (χ3n) is 5.73. The molecule has 0 unspecified atom stereocenters. The van der Waals surface area contributed by atoms with E-state index in [2.05, 4.69) is 36.3 Å². The lowest BCUT2D eigenvalue weighted by molar-refractivity contribution is 0.0707. The van der Waals surface area contributed by atoms with Crippen molar-refractivity contribution >= 4 is 17.4 Å². The Morgan fingerprint density at radius 3 is 2.67 bits per heavy atom. The van der Waals surface area contributed by atoms with Crippen LogP contribution in [-0.2, 0) is 13.6 Å². The van der Waals surface area contributed by atoms with Crippen molar-refractivity contribution in [2.45, 2.75) is 51.5 Å². The van der Waals surface area contributed by atoms with Crippen LogP contribution in [0.2, 0.25) is 0 Å². The van der Waals surface area contributed by atoms with Crippen molar-refractivity contribution in [3.8, 4) is 0 Å². The van der Waals surface area contributed by atoms with Gasteiger partial charge in [0.1, 0.15) is 16.5 Å². The van der Waals surface area contributed by atoms with E-state index in [0.29, 0.717) is 11.4 Å².